The van der Waals surface area contributed by atoms with E-state index in [1.165, 1.54) is 77.0 Å². The van der Waals surface area contributed by atoms with Crippen molar-refractivity contribution in [2.45, 2.75) is 199 Å². The van der Waals surface area contributed by atoms with Gasteiger partial charge in [0.1, 0.15) is 12.7 Å². The van der Waals surface area contributed by atoms with Gasteiger partial charge in [0.2, 0.25) is 5.91 Å². The highest BCUT2D eigenvalue weighted by molar-refractivity contribution is 7.47. The van der Waals surface area contributed by atoms with Gasteiger partial charge in [-0.15, -0.1) is 0 Å². The van der Waals surface area contributed by atoms with Crippen molar-refractivity contribution < 1.29 is 47.8 Å². The molecule has 3 atom stereocenters. The second-order valence-corrected chi connectivity index (χ2v) is 16.0. The summed E-state index contributed by atoms with van der Waals surface area (Å²) in [4.78, 5) is 45.8. The number of carboxylic acid groups (broad SMARTS) is 1. The van der Waals surface area contributed by atoms with E-state index in [1.54, 1.807) is 0 Å². The number of carbonyl (C=O) groups is 3. The number of esters is 1. The number of ether oxygens (including phenoxy) is 1. The van der Waals surface area contributed by atoms with E-state index in [1.807, 2.05) is 0 Å². The Morgan fingerprint density at radius 2 is 1.00 bits per heavy atom. The number of amides is 1. The van der Waals surface area contributed by atoms with Crippen molar-refractivity contribution in [1.82, 2.24) is 5.32 Å². The van der Waals surface area contributed by atoms with Crippen LogP contribution in [0.5, 0.6) is 0 Å². The van der Waals surface area contributed by atoms with Crippen molar-refractivity contribution in [3.63, 3.8) is 0 Å². The summed E-state index contributed by atoms with van der Waals surface area (Å²) in [6, 6.07) is -1.54. The van der Waals surface area contributed by atoms with Crippen LogP contribution in [0.3, 0.4) is 0 Å². The molecule has 3 unspecified atom stereocenters. The topological polar surface area (TPSA) is 169 Å². The van der Waals surface area contributed by atoms with Crippen LogP contribution in [0.25, 0.3) is 0 Å². The SMILES string of the molecule is CCCCC/C=C\C/C=C\C/C=C\CCCCCCCCC(=O)OCC(O)COP(=O)(O)OCC(NC(=O)CCCCCCCCCCCCCC)C(=O)O. The first-order valence-electron chi connectivity index (χ1n) is 21.5. The number of phosphoric acid groups is 1. The third-order valence-corrected chi connectivity index (χ3v) is 10.1. The van der Waals surface area contributed by atoms with E-state index in [0.29, 0.717) is 12.8 Å². The second-order valence-electron chi connectivity index (χ2n) is 14.5. The molecule has 0 spiro atoms. The first kappa shape index (κ1) is 52.7. The lowest BCUT2D eigenvalue weighted by molar-refractivity contribution is -0.147. The summed E-state index contributed by atoms with van der Waals surface area (Å²) in [5, 5.41) is 21.8. The highest BCUT2D eigenvalue weighted by Gasteiger charge is 2.28. The van der Waals surface area contributed by atoms with Crippen LogP contribution >= 0.6 is 7.82 Å². The molecular weight excluding hydrogens is 721 g/mol. The van der Waals surface area contributed by atoms with E-state index >= 15 is 0 Å². The molecule has 320 valence electrons. The molecule has 11 nitrogen and oxygen atoms in total. The largest absolute Gasteiger partial charge is 0.480 e. The predicted molar refractivity (Wildman–Crippen MR) is 222 cm³/mol. The maximum absolute atomic E-state index is 12.3. The lowest BCUT2D eigenvalue weighted by Gasteiger charge is -2.18. The Balaban J connectivity index is 3.91. The van der Waals surface area contributed by atoms with Crippen LogP contribution < -0.4 is 5.32 Å². The molecule has 0 aliphatic rings. The van der Waals surface area contributed by atoms with Crippen LogP contribution in [0.2, 0.25) is 0 Å². The van der Waals surface area contributed by atoms with Gasteiger partial charge < -0.3 is 25.2 Å². The fourth-order valence-corrected chi connectivity index (χ4v) is 6.56. The maximum Gasteiger partial charge on any atom is 0.472 e. The molecule has 0 aliphatic heterocycles. The van der Waals surface area contributed by atoms with Gasteiger partial charge in [-0.2, -0.15) is 0 Å². The minimum absolute atomic E-state index is 0.147. The number of rotatable bonds is 40. The van der Waals surface area contributed by atoms with Crippen molar-refractivity contribution in [1.29, 1.82) is 0 Å². The van der Waals surface area contributed by atoms with E-state index in [4.69, 9.17) is 13.8 Å². The number of allylic oxidation sites excluding steroid dienone is 6. The van der Waals surface area contributed by atoms with Gasteiger partial charge in [0, 0.05) is 12.8 Å². The Hall–Kier alpha value is -2.30. The average Bonchev–Trinajstić information content (AvgIpc) is 3.16. The van der Waals surface area contributed by atoms with Crippen molar-refractivity contribution in [3.05, 3.63) is 36.5 Å². The third kappa shape index (κ3) is 38.4. The van der Waals surface area contributed by atoms with Crippen LogP contribution in [-0.2, 0) is 32.7 Å². The summed E-state index contributed by atoms with van der Waals surface area (Å²) in [5.74, 6) is -2.38. The molecule has 0 saturated heterocycles. The number of carbonyl (C=O) groups excluding carboxylic acids is 2. The zero-order valence-corrected chi connectivity index (χ0v) is 35.4. The predicted octanol–water partition coefficient (Wildman–Crippen LogP) is 10.8. The molecule has 0 heterocycles. The van der Waals surface area contributed by atoms with E-state index in [2.05, 4.69) is 55.6 Å². The standard InChI is InChI=1S/C43H78NO10P/c1-3-5-7-9-11-13-15-17-18-19-20-21-22-23-25-27-29-31-33-35-42(47)52-36-39(45)37-53-55(50,51)54-38-40(43(48)49)44-41(46)34-32-30-28-26-24-16-14-12-10-8-6-4-2/h11,13,17-18,20-21,39-40,45H,3-10,12,14-16,19,22-38H2,1-2H3,(H,44,46)(H,48,49)(H,50,51)/b13-11-,18-17-,21-20-. The van der Waals surface area contributed by atoms with Gasteiger partial charge >= 0.3 is 19.8 Å². The van der Waals surface area contributed by atoms with Gasteiger partial charge in [-0.05, 0) is 51.4 Å². The van der Waals surface area contributed by atoms with E-state index in [-0.39, 0.29) is 12.8 Å². The van der Waals surface area contributed by atoms with Crippen LogP contribution in [0.1, 0.15) is 187 Å². The molecule has 55 heavy (non-hydrogen) atoms. The molecule has 0 aliphatic carbocycles. The molecule has 0 fully saturated rings. The van der Waals surface area contributed by atoms with Crippen molar-refractivity contribution in [2.24, 2.45) is 0 Å². The van der Waals surface area contributed by atoms with Gasteiger partial charge in [0.25, 0.3) is 0 Å². The molecule has 0 aromatic carbocycles. The number of aliphatic hydroxyl groups excluding tert-OH is 1. The highest BCUT2D eigenvalue weighted by Crippen LogP contribution is 2.43. The van der Waals surface area contributed by atoms with Crippen molar-refractivity contribution in [3.8, 4) is 0 Å². The molecule has 0 radical (unpaired) electrons. The Morgan fingerprint density at radius 3 is 1.53 bits per heavy atom. The molecular formula is C43H78NO10P. The Labute approximate surface area is 333 Å². The Morgan fingerprint density at radius 1 is 0.582 bits per heavy atom. The van der Waals surface area contributed by atoms with Gasteiger partial charge in [0.05, 0.1) is 13.2 Å². The Bertz CT molecular complexity index is 1080. The van der Waals surface area contributed by atoms with E-state index in [0.717, 1.165) is 70.6 Å². The van der Waals surface area contributed by atoms with Crippen molar-refractivity contribution in [2.75, 3.05) is 19.8 Å². The number of hydrogen-bond acceptors (Lipinski definition) is 8. The number of nitrogens with one attached hydrogen (secondary N) is 1. The van der Waals surface area contributed by atoms with Crippen LogP contribution in [0.4, 0.5) is 0 Å². The molecule has 1 amide bonds. The van der Waals surface area contributed by atoms with Crippen LogP contribution in [0, 0.1) is 0 Å². The lowest BCUT2D eigenvalue weighted by atomic mass is 10.0. The number of aliphatic hydroxyl groups is 1. The monoisotopic (exact) mass is 800 g/mol. The minimum atomic E-state index is -4.75. The molecule has 4 N–H and O–H groups in total. The number of aliphatic carboxylic acids is 1. The summed E-state index contributed by atoms with van der Waals surface area (Å²) < 4.78 is 26.8. The molecule has 0 bridgehead atoms. The molecule has 12 heteroatoms. The fraction of sp³-hybridized carbons (Fsp3) is 0.791. The maximum atomic E-state index is 12.3. The van der Waals surface area contributed by atoms with Crippen molar-refractivity contribution >= 4 is 25.7 Å². The number of carboxylic acids is 1. The minimum Gasteiger partial charge on any atom is -0.480 e. The van der Waals surface area contributed by atoms with Gasteiger partial charge in [-0.3, -0.25) is 18.6 Å². The third-order valence-electron chi connectivity index (χ3n) is 9.18. The first-order valence-corrected chi connectivity index (χ1v) is 23.0. The Kier molecular flexibility index (Phi) is 37.0. The van der Waals surface area contributed by atoms with Gasteiger partial charge in [-0.1, -0.05) is 159 Å². The first-order chi connectivity index (χ1) is 26.6. The molecule has 0 aromatic heterocycles. The quantitative estimate of drug-likeness (QED) is 0.0202. The zero-order valence-electron chi connectivity index (χ0n) is 34.5. The lowest BCUT2D eigenvalue weighted by Crippen LogP contribution is -2.43. The highest BCUT2D eigenvalue weighted by atomic mass is 31.2. The molecule has 0 saturated carbocycles. The molecule has 0 rings (SSSR count). The summed E-state index contributed by atoms with van der Waals surface area (Å²) in [6.45, 7) is 2.54. The fourth-order valence-electron chi connectivity index (χ4n) is 5.79. The second kappa shape index (κ2) is 38.6. The smallest absolute Gasteiger partial charge is 0.472 e. The number of unbranched alkanes of at least 4 members (excludes halogenated alkanes) is 20. The summed E-state index contributed by atoms with van der Waals surface area (Å²) >= 11 is 0. The van der Waals surface area contributed by atoms with Crippen LogP contribution in [0.15, 0.2) is 36.5 Å². The average molecular weight is 800 g/mol. The summed E-state index contributed by atoms with van der Waals surface area (Å²) in [6.07, 6.45) is 40.2. The van der Waals surface area contributed by atoms with E-state index < -0.39 is 57.6 Å². The van der Waals surface area contributed by atoms with E-state index in [9.17, 15) is 34.1 Å². The summed E-state index contributed by atoms with van der Waals surface area (Å²) in [5.41, 5.74) is 0. The zero-order chi connectivity index (χ0) is 40.7. The van der Waals surface area contributed by atoms with Crippen LogP contribution in [-0.4, -0.2) is 64.9 Å². The molecule has 0 aromatic rings. The number of phosphoric ester groups is 1. The summed E-state index contributed by atoms with van der Waals surface area (Å²) in [7, 11) is -4.75. The number of hydrogen-bond donors (Lipinski definition) is 4. The normalized spacial score (nSPS) is 14.1. The van der Waals surface area contributed by atoms with Gasteiger partial charge in [-0.25, -0.2) is 9.36 Å². The van der Waals surface area contributed by atoms with Gasteiger partial charge in [0.15, 0.2) is 6.04 Å².